The van der Waals surface area contributed by atoms with Crippen molar-refractivity contribution in [3.8, 4) is 0 Å². The van der Waals surface area contributed by atoms with Gasteiger partial charge in [-0.05, 0) is 24.8 Å². The Kier molecular flexibility index (Phi) is 7.91. The molecule has 0 aromatic carbocycles. The molecule has 13 heavy (non-hydrogen) atoms. The molecule has 0 bridgehead atoms. The minimum Gasteiger partial charge on any atom is -0.0991 e. The molecule has 0 fully saturated rings. The van der Waals surface area contributed by atoms with Crippen molar-refractivity contribution >= 4 is 17.1 Å². The molecule has 0 aromatic heterocycles. The number of hydrogen-bond acceptors (Lipinski definition) is 1. The normalized spacial score (nSPS) is 11.0. The molecule has 0 amide bonds. The predicted molar refractivity (Wildman–Crippen MR) is 65.2 cm³/mol. The highest BCUT2D eigenvalue weighted by Crippen LogP contribution is 2.16. The lowest BCUT2D eigenvalue weighted by molar-refractivity contribution is 0.566. The number of allylic oxidation sites excluding steroid dienone is 3. The Hall–Kier alpha value is -0.430. The maximum atomic E-state index is 5.34. The largest absolute Gasteiger partial charge is 0.0991 e. The SMILES string of the molecule is C=C/C=C\C(=S)C(CCC)CCC. The van der Waals surface area contributed by atoms with Gasteiger partial charge in [-0.15, -0.1) is 0 Å². The first-order valence-electron chi connectivity index (χ1n) is 5.09. The molecule has 0 N–H and O–H groups in total. The van der Waals surface area contributed by atoms with Gasteiger partial charge in [0.05, 0.1) is 0 Å². The van der Waals surface area contributed by atoms with E-state index in [0.29, 0.717) is 5.92 Å². The van der Waals surface area contributed by atoms with Crippen LogP contribution in [-0.2, 0) is 0 Å². The Labute approximate surface area is 87.7 Å². The minimum atomic E-state index is 0.598. The van der Waals surface area contributed by atoms with E-state index < -0.39 is 0 Å². The van der Waals surface area contributed by atoms with Gasteiger partial charge in [-0.2, -0.15) is 0 Å². The van der Waals surface area contributed by atoms with Crippen LogP contribution in [0.3, 0.4) is 0 Å². The van der Waals surface area contributed by atoms with E-state index in [4.69, 9.17) is 12.2 Å². The van der Waals surface area contributed by atoms with Crippen molar-refractivity contribution in [2.75, 3.05) is 0 Å². The van der Waals surface area contributed by atoms with Crippen LogP contribution in [0.25, 0.3) is 0 Å². The molecule has 0 aliphatic carbocycles. The second-order valence-corrected chi connectivity index (χ2v) is 3.74. The molecule has 0 radical (unpaired) electrons. The number of hydrogen-bond donors (Lipinski definition) is 0. The Bertz CT molecular complexity index is 174. The van der Waals surface area contributed by atoms with Gasteiger partial charge < -0.3 is 0 Å². The summed E-state index contributed by atoms with van der Waals surface area (Å²) < 4.78 is 0. The third kappa shape index (κ3) is 5.75. The van der Waals surface area contributed by atoms with Gasteiger partial charge in [0.1, 0.15) is 0 Å². The van der Waals surface area contributed by atoms with Crippen LogP contribution in [0.15, 0.2) is 24.8 Å². The van der Waals surface area contributed by atoms with Crippen LogP contribution in [0.5, 0.6) is 0 Å². The molecule has 74 valence electrons. The standard InChI is InChI=1S/C12H20S/c1-4-7-10-12(13)11(8-5-2)9-6-3/h4,7,10-11H,1,5-6,8-9H2,2-3H3/b10-7-. The topological polar surface area (TPSA) is 0 Å². The van der Waals surface area contributed by atoms with Gasteiger partial charge in [0, 0.05) is 4.86 Å². The summed E-state index contributed by atoms with van der Waals surface area (Å²) in [6, 6.07) is 0. The summed E-state index contributed by atoms with van der Waals surface area (Å²) in [5, 5.41) is 0. The smallest absolute Gasteiger partial charge is 0.0183 e. The van der Waals surface area contributed by atoms with E-state index in [9.17, 15) is 0 Å². The Morgan fingerprint density at radius 1 is 1.31 bits per heavy atom. The molecule has 1 heteroatoms. The Morgan fingerprint density at radius 2 is 1.85 bits per heavy atom. The molecule has 0 nitrogen and oxygen atoms in total. The molecule has 0 atom stereocenters. The van der Waals surface area contributed by atoms with Crippen LogP contribution in [-0.4, -0.2) is 4.86 Å². The van der Waals surface area contributed by atoms with Crippen molar-refractivity contribution in [3.63, 3.8) is 0 Å². The molecule has 0 unspecified atom stereocenters. The fourth-order valence-electron chi connectivity index (χ4n) is 1.42. The van der Waals surface area contributed by atoms with E-state index in [0.717, 1.165) is 4.86 Å². The van der Waals surface area contributed by atoms with Crippen molar-refractivity contribution in [3.05, 3.63) is 24.8 Å². The van der Waals surface area contributed by atoms with E-state index in [-0.39, 0.29) is 0 Å². The van der Waals surface area contributed by atoms with Gasteiger partial charge >= 0.3 is 0 Å². The average Bonchev–Trinajstić information content (AvgIpc) is 2.14. The zero-order valence-electron chi connectivity index (χ0n) is 8.75. The van der Waals surface area contributed by atoms with Crippen LogP contribution in [0.1, 0.15) is 39.5 Å². The first-order valence-corrected chi connectivity index (χ1v) is 5.50. The monoisotopic (exact) mass is 196 g/mol. The fourth-order valence-corrected chi connectivity index (χ4v) is 1.74. The first-order chi connectivity index (χ1) is 6.26. The fraction of sp³-hybridized carbons (Fsp3) is 0.583. The lowest BCUT2D eigenvalue weighted by Crippen LogP contribution is -2.09. The first kappa shape index (κ1) is 12.6. The molecule has 0 spiro atoms. The van der Waals surface area contributed by atoms with E-state index >= 15 is 0 Å². The van der Waals surface area contributed by atoms with Crippen LogP contribution in [0.4, 0.5) is 0 Å². The van der Waals surface area contributed by atoms with Crippen molar-refractivity contribution in [1.82, 2.24) is 0 Å². The summed E-state index contributed by atoms with van der Waals surface area (Å²) >= 11 is 5.34. The molecular weight excluding hydrogens is 176 g/mol. The van der Waals surface area contributed by atoms with Gasteiger partial charge in [-0.25, -0.2) is 0 Å². The number of thiocarbonyl (C=S) groups is 1. The van der Waals surface area contributed by atoms with Crippen molar-refractivity contribution < 1.29 is 0 Å². The van der Waals surface area contributed by atoms with Gasteiger partial charge in [-0.1, -0.05) is 57.6 Å². The predicted octanol–water partition coefficient (Wildman–Crippen LogP) is 4.31. The van der Waals surface area contributed by atoms with E-state index in [2.05, 4.69) is 20.4 Å². The second kappa shape index (κ2) is 8.18. The quantitative estimate of drug-likeness (QED) is 0.332. The Morgan fingerprint density at radius 3 is 2.23 bits per heavy atom. The van der Waals surface area contributed by atoms with E-state index in [1.807, 2.05) is 12.2 Å². The Balaban J connectivity index is 4.09. The highest BCUT2D eigenvalue weighted by molar-refractivity contribution is 7.80. The molecular formula is C12H20S. The summed E-state index contributed by atoms with van der Waals surface area (Å²) in [7, 11) is 0. The molecule has 0 rings (SSSR count). The molecule has 0 saturated carbocycles. The van der Waals surface area contributed by atoms with Gasteiger partial charge in [-0.3, -0.25) is 0 Å². The summed E-state index contributed by atoms with van der Waals surface area (Å²) in [5.74, 6) is 0.598. The van der Waals surface area contributed by atoms with Crippen LogP contribution >= 0.6 is 12.2 Å². The van der Waals surface area contributed by atoms with Crippen molar-refractivity contribution in [2.24, 2.45) is 5.92 Å². The molecule has 0 aliphatic rings. The van der Waals surface area contributed by atoms with Crippen molar-refractivity contribution in [2.45, 2.75) is 39.5 Å². The summed E-state index contributed by atoms with van der Waals surface area (Å²) in [6.45, 7) is 8.06. The maximum Gasteiger partial charge on any atom is 0.0183 e. The van der Waals surface area contributed by atoms with Crippen molar-refractivity contribution in [1.29, 1.82) is 0 Å². The van der Waals surface area contributed by atoms with E-state index in [1.54, 1.807) is 6.08 Å². The molecule has 0 aliphatic heterocycles. The van der Waals surface area contributed by atoms with Gasteiger partial charge in [0.15, 0.2) is 0 Å². The molecule has 0 aromatic rings. The zero-order valence-corrected chi connectivity index (χ0v) is 9.57. The lowest BCUT2D eigenvalue weighted by atomic mass is 9.94. The van der Waals surface area contributed by atoms with Gasteiger partial charge in [0.25, 0.3) is 0 Å². The number of rotatable bonds is 7. The summed E-state index contributed by atoms with van der Waals surface area (Å²) in [6.07, 6.45) is 10.6. The van der Waals surface area contributed by atoms with Crippen LogP contribution in [0, 0.1) is 5.92 Å². The van der Waals surface area contributed by atoms with Gasteiger partial charge in [0.2, 0.25) is 0 Å². The zero-order chi connectivity index (χ0) is 10.1. The minimum absolute atomic E-state index is 0.598. The maximum absolute atomic E-state index is 5.34. The third-order valence-corrected chi connectivity index (χ3v) is 2.54. The average molecular weight is 196 g/mol. The lowest BCUT2D eigenvalue weighted by Gasteiger charge is -2.13. The highest BCUT2D eigenvalue weighted by Gasteiger charge is 2.09. The molecule has 0 saturated heterocycles. The summed E-state index contributed by atoms with van der Waals surface area (Å²) in [4.78, 5) is 1.09. The summed E-state index contributed by atoms with van der Waals surface area (Å²) in [5.41, 5.74) is 0. The van der Waals surface area contributed by atoms with Crippen LogP contribution < -0.4 is 0 Å². The highest BCUT2D eigenvalue weighted by atomic mass is 32.1. The van der Waals surface area contributed by atoms with E-state index in [1.165, 1.54) is 25.7 Å². The second-order valence-electron chi connectivity index (χ2n) is 3.27. The molecule has 0 heterocycles. The van der Waals surface area contributed by atoms with Crippen LogP contribution in [0.2, 0.25) is 0 Å². The third-order valence-electron chi connectivity index (χ3n) is 2.07.